The Hall–Kier alpha value is -1.38. The average Bonchev–Trinajstić information content (AvgIpc) is 2.31. The van der Waals surface area contributed by atoms with E-state index in [-0.39, 0.29) is 20.9 Å². The van der Waals surface area contributed by atoms with Crippen LogP contribution in [-0.4, -0.2) is 8.42 Å². The summed E-state index contributed by atoms with van der Waals surface area (Å²) in [5.74, 6) is -2.13. The fraction of sp³-hybridized carbons (Fsp3) is 0. The molecule has 3 N–H and O–H groups in total. The Labute approximate surface area is 133 Å². The topological polar surface area (TPSA) is 72.2 Å². The number of sulfonamides is 1. The van der Waals surface area contributed by atoms with Crippen LogP contribution in [0.4, 0.5) is 20.2 Å². The van der Waals surface area contributed by atoms with E-state index in [9.17, 15) is 17.2 Å². The van der Waals surface area contributed by atoms with Crippen LogP contribution < -0.4 is 10.5 Å². The number of anilines is 2. The van der Waals surface area contributed by atoms with E-state index in [0.717, 1.165) is 6.07 Å². The number of nitrogen functional groups attached to an aromatic ring is 1. The molecule has 0 aromatic heterocycles. The molecule has 0 bridgehead atoms. The first kappa shape index (κ1) is 16.0. The summed E-state index contributed by atoms with van der Waals surface area (Å²) in [5, 5.41) is 0.0893. The SMILES string of the molecule is Nc1ccc(Cl)c(NS(=O)(=O)c2c(F)cc(F)cc2Br)c1. The largest absolute Gasteiger partial charge is 0.399 e. The molecule has 4 nitrogen and oxygen atoms in total. The summed E-state index contributed by atoms with van der Waals surface area (Å²) in [7, 11) is -4.31. The van der Waals surface area contributed by atoms with Gasteiger partial charge in [0.15, 0.2) is 0 Å². The molecule has 0 spiro atoms. The van der Waals surface area contributed by atoms with Crippen molar-refractivity contribution in [1.29, 1.82) is 0 Å². The summed E-state index contributed by atoms with van der Waals surface area (Å²) in [4.78, 5) is -0.720. The van der Waals surface area contributed by atoms with Gasteiger partial charge in [-0.25, -0.2) is 17.2 Å². The van der Waals surface area contributed by atoms with Gasteiger partial charge in [0.05, 0.1) is 10.7 Å². The average molecular weight is 398 g/mol. The molecule has 2 aromatic rings. The molecule has 0 amide bonds. The lowest BCUT2D eigenvalue weighted by molar-refractivity contribution is 0.548. The number of nitrogens with one attached hydrogen (secondary N) is 1. The van der Waals surface area contributed by atoms with E-state index in [2.05, 4.69) is 20.7 Å². The molecular weight excluding hydrogens is 390 g/mol. The molecule has 0 radical (unpaired) electrons. The van der Waals surface area contributed by atoms with Gasteiger partial charge in [-0.15, -0.1) is 0 Å². The Morgan fingerprint density at radius 2 is 1.86 bits per heavy atom. The lowest BCUT2D eigenvalue weighted by Crippen LogP contribution is -2.16. The summed E-state index contributed by atoms with van der Waals surface area (Å²) in [6.07, 6.45) is 0. The van der Waals surface area contributed by atoms with Crippen LogP contribution in [0.2, 0.25) is 5.02 Å². The fourth-order valence-electron chi connectivity index (χ4n) is 1.60. The first-order chi connectivity index (χ1) is 9.70. The lowest BCUT2D eigenvalue weighted by atomic mass is 10.3. The van der Waals surface area contributed by atoms with E-state index in [0.29, 0.717) is 6.07 Å². The van der Waals surface area contributed by atoms with Crippen molar-refractivity contribution in [3.63, 3.8) is 0 Å². The molecule has 9 heteroatoms. The minimum absolute atomic E-state index is 0.00714. The third-order valence-electron chi connectivity index (χ3n) is 2.47. The summed E-state index contributed by atoms with van der Waals surface area (Å²) < 4.78 is 53.1. The van der Waals surface area contributed by atoms with Crippen molar-refractivity contribution in [3.8, 4) is 0 Å². The minimum atomic E-state index is -4.31. The Morgan fingerprint density at radius 1 is 1.19 bits per heavy atom. The molecule has 0 aliphatic heterocycles. The van der Waals surface area contributed by atoms with Crippen LogP contribution in [0.15, 0.2) is 39.7 Å². The standard InChI is InChI=1S/C12H8BrClF2N2O2S/c13-8-3-6(15)4-10(16)12(8)21(19,20)18-11-5-7(17)1-2-9(11)14/h1-5,18H,17H2. The van der Waals surface area contributed by atoms with Crippen LogP contribution in [0.25, 0.3) is 0 Å². The van der Waals surface area contributed by atoms with Crippen LogP contribution >= 0.6 is 27.5 Å². The number of hydrogen-bond acceptors (Lipinski definition) is 3. The van der Waals surface area contributed by atoms with Crippen LogP contribution in [0.5, 0.6) is 0 Å². The Balaban J connectivity index is 2.51. The van der Waals surface area contributed by atoms with Gasteiger partial charge in [-0.2, -0.15) is 0 Å². The van der Waals surface area contributed by atoms with Crippen LogP contribution in [0.3, 0.4) is 0 Å². The molecular formula is C12H8BrClF2N2O2S. The monoisotopic (exact) mass is 396 g/mol. The number of halogens is 4. The summed E-state index contributed by atoms with van der Waals surface area (Å²) >= 11 is 8.67. The van der Waals surface area contributed by atoms with Gasteiger partial charge in [0, 0.05) is 16.2 Å². The van der Waals surface area contributed by atoms with Gasteiger partial charge in [0.25, 0.3) is 10.0 Å². The molecule has 2 rings (SSSR count). The molecule has 0 saturated heterocycles. The molecule has 0 aliphatic carbocycles. The van der Waals surface area contributed by atoms with Gasteiger partial charge in [0.2, 0.25) is 0 Å². The molecule has 2 aromatic carbocycles. The quantitative estimate of drug-likeness (QED) is 0.775. The highest BCUT2D eigenvalue weighted by Gasteiger charge is 2.24. The maximum atomic E-state index is 13.7. The normalized spacial score (nSPS) is 11.4. The molecule has 0 saturated carbocycles. The van der Waals surface area contributed by atoms with E-state index in [1.54, 1.807) is 0 Å². The second-order valence-corrected chi connectivity index (χ2v) is 6.92. The summed E-state index contributed by atoms with van der Waals surface area (Å²) in [6.45, 7) is 0. The number of nitrogens with two attached hydrogens (primary N) is 1. The predicted octanol–water partition coefficient (Wildman–Crippen LogP) is 3.76. The van der Waals surface area contributed by atoms with Crippen LogP contribution in [0, 0.1) is 11.6 Å². The predicted molar refractivity (Wildman–Crippen MR) is 80.7 cm³/mol. The number of rotatable bonds is 3. The van der Waals surface area contributed by atoms with Crippen molar-refractivity contribution in [3.05, 3.63) is 51.5 Å². The lowest BCUT2D eigenvalue weighted by Gasteiger charge is -2.12. The highest BCUT2D eigenvalue weighted by atomic mass is 79.9. The maximum Gasteiger partial charge on any atom is 0.266 e. The van der Waals surface area contributed by atoms with Crippen molar-refractivity contribution in [2.75, 3.05) is 10.5 Å². The van der Waals surface area contributed by atoms with Gasteiger partial charge in [-0.3, -0.25) is 4.72 Å². The van der Waals surface area contributed by atoms with Gasteiger partial charge >= 0.3 is 0 Å². The summed E-state index contributed by atoms with van der Waals surface area (Å²) in [6, 6.07) is 5.48. The van der Waals surface area contributed by atoms with E-state index < -0.39 is 26.6 Å². The van der Waals surface area contributed by atoms with Gasteiger partial charge in [-0.05, 0) is 40.2 Å². The van der Waals surface area contributed by atoms with Crippen LogP contribution in [-0.2, 0) is 10.0 Å². The molecule has 0 fully saturated rings. The second-order valence-electron chi connectivity index (χ2n) is 4.04. The van der Waals surface area contributed by atoms with Crippen molar-refractivity contribution in [2.45, 2.75) is 4.90 Å². The minimum Gasteiger partial charge on any atom is -0.399 e. The summed E-state index contributed by atoms with van der Waals surface area (Å²) in [5.41, 5.74) is 5.80. The number of hydrogen-bond donors (Lipinski definition) is 2. The van der Waals surface area contributed by atoms with Crippen molar-refractivity contribution >= 4 is 48.9 Å². The van der Waals surface area contributed by atoms with E-state index in [1.165, 1.54) is 18.2 Å². The highest BCUT2D eigenvalue weighted by molar-refractivity contribution is 9.10. The van der Waals surface area contributed by atoms with E-state index in [1.807, 2.05) is 0 Å². The second kappa shape index (κ2) is 5.78. The van der Waals surface area contributed by atoms with Crippen LogP contribution in [0.1, 0.15) is 0 Å². The smallest absolute Gasteiger partial charge is 0.266 e. The van der Waals surface area contributed by atoms with Gasteiger partial charge < -0.3 is 5.73 Å². The third kappa shape index (κ3) is 3.45. The van der Waals surface area contributed by atoms with Gasteiger partial charge in [0.1, 0.15) is 16.5 Å². The molecule has 0 unspecified atom stereocenters. The van der Waals surface area contributed by atoms with Crippen molar-refractivity contribution < 1.29 is 17.2 Å². The first-order valence-electron chi connectivity index (χ1n) is 5.43. The zero-order valence-corrected chi connectivity index (χ0v) is 13.4. The molecule has 0 atom stereocenters. The zero-order chi connectivity index (χ0) is 15.8. The Morgan fingerprint density at radius 3 is 2.48 bits per heavy atom. The van der Waals surface area contributed by atoms with Gasteiger partial charge in [-0.1, -0.05) is 11.6 Å². The zero-order valence-electron chi connectivity index (χ0n) is 10.2. The number of benzene rings is 2. The molecule has 0 heterocycles. The highest BCUT2D eigenvalue weighted by Crippen LogP contribution is 2.31. The van der Waals surface area contributed by atoms with E-state index in [4.69, 9.17) is 17.3 Å². The molecule has 112 valence electrons. The Kier molecular flexibility index (Phi) is 4.40. The maximum absolute atomic E-state index is 13.7. The first-order valence-corrected chi connectivity index (χ1v) is 8.08. The molecule has 0 aliphatic rings. The van der Waals surface area contributed by atoms with Crippen molar-refractivity contribution in [2.24, 2.45) is 0 Å². The van der Waals surface area contributed by atoms with Crippen molar-refractivity contribution in [1.82, 2.24) is 0 Å². The third-order valence-corrected chi connectivity index (χ3v) is 5.12. The van der Waals surface area contributed by atoms with E-state index >= 15 is 0 Å². The fourth-order valence-corrected chi connectivity index (χ4v) is 4.06. The Bertz CT molecular complexity index is 792. The molecule has 21 heavy (non-hydrogen) atoms.